The maximum absolute atomic E-state index is 13.4. The van der Waals surface area contributed by atoms with E-state index >= 15 is 0 Å². The van der Waals surface area contributed by atoms with E-state index in [0.29, 0.717) is 0 Å². The number of aliphatic hydroxyl groups is 1. The van der Waals surface area contributed by atoms with Crippen LogP contribution in [-0.2, 0) is 12.0 Å². The fourth-order valence-electron chi connectivity index (χ4n) is 2.06. The van der Waals surface area contributed by atoms with Crippen LogP contribution >= 0.6 is 11.3 Å². The third-order valence-corrected chi connectivity index (χ3v) is 4.49. The number of rotatable bonds is 6. The van der Waals surface area contributed by atoms with Gasteiger partial charge in [0.05, 0.1) is 6.54 Å². The molecule has 2 amide bonds. The highest BCUT2D eigenvalue weighted by atomic mass is 32.1. The Balaban J connectivity index is 1.78. The Morgan fingerprint density at radius 3 is 2.52 bits per heavy atom. The molecule has 2 rings (SSSR count). The van der Waals surface area contributed by atoms with Crippen LogP contribution in [0.3, 0.4) is 0 Å². The van der Waals surface area contributed by atoms with Crippen molar-refractivity contribution in [1.29, 1.82) is 0 Å². The lowest BCUT2D eigenvalue weighted by Gasteiger charge is -2.22. The summed E-state index contributed by atoms with van der Waals surface area (Å²) in [6.45, 7) is 1.73. The van der Waals surface area contributed by atoms with Gasteiger partial charge in [-0.25, -0.2) is 13.6 Å². The molecule has 1 aromatic heterocycles. The number of urea groups is 1. The molecule has 0 saturated heterocycles. The van der Waals surface area contributed by atoms with Gasteiger partial charge in [0.2, 0.25) is 0 Å². The summed E-state index contributed by atoms with van der Waals surface area (Å²) in [7, 11) is 0. The molecule has 0 aliphatic rings. The van der Waals surface area contributed by atoms with Crippen LogP contribution in [0.1, 0.15) is 17.4 Å². The van der Waals surface area contributed by atoms with Crippen LogP contribution in [0.25, 0.3) is 0 Å². The molecule has 0 aliphatic heterocycles. The Morgan fingerprint density at radius 1 is 1.22 bits per heavy atom. The van der Waals surface area contributed by atoms with E-state index in [-0.39, 0.29) is 25.1 Å². The second-order valence-electron chi connectivity index (χ2n) is 5.31. The Hall–Kier alpha value is -1.99. The minimum atomic E-state index is -1.16. The lowest BCUT2D eigenvalue weighted by Crippen LogP contribution is -2.43. The standard InChI is InChI=1S/C16H18F2N2O2S/c1-16(22,14-6-3-9-23-14)10-20-15(21)19-8-7-11-12(17)4-2-5-13(11)18/h2-6,9,22H,7-8,10H2,1H3,(H2,19,20,21). The molecule has 0 saturated carbocycles. The van der Waals surface area contributed by atoms with E-state index < -0.39 is 23.3 Å². The summed E-state index contributed by atoms with van der Waals surface area (Å²) in [6.07, 6.45) is 0.0489. The highest BCUT2D eigenvalue weighted by Crippen LogP contribution is 2.24. The van der Waals surface area contributed by atoms with Crippen molar-refractivity contribution >= 4 is 17.4 Å². The minimum absolute atomic E-state index is 0.0351. The van der Waals surface area contributed by atoms with Crippen molar-refractivity contribution in [2.24, 2.45) is 0 Å². The molecule has 0 fully saturated rings. The molecule has 1 aromatic carbocycles. The second kappa shape index (κ2) is 7.52. The van der Waals surface area contributed by atoms with Gasteiger partial charge in [0.15, 0.2) is 0 Å². The van der Waals surface area contributed by atoms with Gasteiger partial charge < -0.3 is 15.7 Å². The Morgan fingerprint density at radius 2 is 1.91 bits per heavy atom. The summed E-state index contributed by atoms with van der Waals surface area (Å²) in [4.78, 5) is 12.4. The fraction of sp³-hybridized carbons (Fsp3) is 0.312. The molecule has 1 unspecified atom stereocenters. The van der Waals surface area contributed by atoms with Crippen molar-refractivity contribution in [2.45, 2.75) is 18.9 Å². The average molecular weight is 340 g/mol. The normalized spacial score (nSPS) is 13.4. The van der Waals surface area contributed by atoms with E-state index in [9.17, 15) is 18.7 Å². The maximum atomic E-state index is 13.4. The van der Waals surface area contributed by atoms with E-state index in [1.165, 1.54) is 29.5 Å². The Bertz CT molecular complexity index is 640. The van der Waals surface area contributed by atoms with Gasteiger partial charge in [0, 0.05) is 17.0 Å². The van der Waals surface area contributed by atoms with Crippen molar-refractivity contribution < 1.29 is 18.7 Å². The molecule has 124 valence electrons. The quantitative estimate of drug-likeness (QED) is 0.757. The molecule has 0 aliphatic carbocycles. The molecule has 0 bridgehead atoms. The topological polar surface area (TPSA) is 61.4 Å². The van der Waals surface area contributed by atoms with Crippen LogP contribution in [0.4, 0.5) is 13.6 Å². The highest BCUT2D eigenvalue weighted by molar-refractivity contribution is 7.10. The second-order valence-corrected chi connectivity index (χ2v) is 6.26. The van der Waals surface area contributed by atoms with Gasteiger partial charge in [-0.2, -0.15) is 0 Å². The predicted molar refractivity (Wildman–Crippen MR) is 85.4 cm³/mol. The van der Waals surface area contributed by atoms with Gasteiger partial charge in [-0.3, -0.25) is 0 Å². The zero-order valence-corrected chi connectivity index (χ0v) is 13.4. The van der Waals surface area contributed by atoms with Crippen LogP contribution in [0.2, 0.25) is 0 Å². The van der Waals surface area contributed by atoms with Crippen LogP contribution in [0, 0.1) is 11.6 Å². The molecule has 1 atom stereocenters. The van der Waals surface area contributed by atoms with Crippen LogP contribution in [0.15, 0.2) is 35.7 Å². The molecule has 2 aromatic rings. The third kappa shape index (κ3) is 4.74. The summed E-state index contributed by atoms with van der Waals surface area (Å²) < 4.78 is 26.9. The molecule has 1 heterocycles. The lowest BCUT2D eigenvalue weighted by atomic mass is 10.1. The smallest absolute Gasteiger partial charge is 0.314 e. The third-order valence-electron chi connectivity index (χ3n) is 3.37. The van der Waals surface area contributed by atoms with Crippen molar-refractivity contribution in [2.75, 3.05) is 13.1 Å². The summed E-state index contributed by atoms with van der Waals surface area (Å²) >= 11 is 1.39. The average Bonchev–Trinajstić information content (AvgIpc) is 3.03. The zero-order chi connectivity index (χ0) is 16.9. The lowest BCUT2D eigenvalue weighted by molar-refractivity contribution is 0.0631. The van der Waals surface area contributed by atoms with E-state index in [0.717, 1.165) is 4.88 Å². The zero-order valence-electron chi connectivity index (χ0n) is 12.6. The minimum Gasteiger partial charge on any atom is -0.383 e. The monoisotopic (exact) mass is 340 g/mol. The number of carbonyl (C=O) groups excluding carboxylic acids is 1. The SMILES string of the molecule is CC(O)(CNC(=O)NCCc1c(F)cccc1F)c1cccs1. The van der Waals surface area contributed by atoms with Crippen molar-refractivity contribution in [3.8, 4) is 0 Å². The first-order valence-corrected chi connectivity index (χ1v) is 7.99. The molecule has 7 heteroatoms. The van der Waals surface area contributed by atoms with Crippen molar-refractivity contribution in [3.05, 3.63) is 57.8 Å². The number of benzene rings is 1. The molecule has 4 nitrogen and oxygen atoms in total. The first kappa shape index (κ1) is 17.4. The van der Waals surface area contributed by atoms with E-state index in [1.807, 2.05) is 11.4 Å². The van der Waals surface area contributed by atoms with E-state index in [2.05, 4.69) is 10.6 Å². The maximum Gasteiger partial charge on any atom is 0.314 e. The summed E-state index contributed by atoms with van der Waals surface area (Å²) in [5, 5.41) is 17.2. The van der Waals surface area contributed by atoms with Crippen LogP contribution in [-0.4, -0.2) is 24.2 Å². The molecule has 3 N–H and O–H groups in total. The molecule has 0 radical (unpaired) electrons. The number of halogens is 2. The first-order valence-electron chi connectivity index (χ1n) is 7.11. The number of hydrogen-bond acceptors (Lipinski definition) is 3. The number of thiophene rings is 1. The predicted octanol–water partition coefficient (Wildman–Crippen LogP) is 2.78. The van der Waals surface area contributed by atoms with Gasteiger partial charge >= 0.3 is 6.03 Å². The summed E-state index contributed by atoms with van der Waals surface area (Å²) in [5.41, 5.74) is -1.22. The first-order chi connectivity index (χ1) is 10.9. The number of amides is 2. The Kier molecular flexibility index (Phi) is 5.68. The summed E-state index contributed by atoms with van der Waals surface area (Å²) in [5.74, 6) is -1.26. The van der Waals surface area contributed by atoms with Crippen molar-refractivity contribution in [1.82, 2.24) is 10.6 Å². The van der Waals surface area contributed by atoms with Crippen molar-refractivity contribution in [3.63, 3.8) is 0 Å². The van der Waals surface area contributed by atoms with Gasteiger partial charge in [0.1, 0.15) is 17.2 Å². The van der Waals surface area contributed by atoms with Gasteiger partial charge in [-0.05, 0) is 36.9 Å². The van der Waals surface area contributed by atoms with Crippen LogP contribution < -0.4 is 10.6 Å². The molecule has 23 heavy (non-hydrogen) atoms. The fourth-order valence-corrected chi connectivity index (χ4v) is 2.85. The van der Waals surface area contributed by atoms with E-state index in [1.54, 1.807) is 13.0 Å². The van der Waals surface area contributed by atoms with Gasteiger partial charge in [-0.15, -0.1) is 11.3 Å². The molecular weight excluding hydrogens is 322 g/mol. The van der Waals surface area contributed by atoms with Crippen LogP contribution in [0.5, 0.6) is 0 Å². The molecule has 0 spiro atoms. The van der Waals surface area contributed by atoms with Gasteiger partial charge in [-0.1, -0.05) is 12.1 Å². The largest absolute Gasteiger partial charge is 0.383 e. The molecular formula is C16H18F2N2O2S. The highest BCUT2D eigenvalue weighted by Gasteiger charge is 2.24. The number of nitrogens with one attached hydrogen (secondary N) is 2. The van der Waals surface area contributed by atoms with E-state index in [4.69, 9.17) is 0 Å². The number of carbonyl (C=O) groups is 1. The van der Waals surface area contributed by atoms with Gasteiger partial charge in [0.25, 0.3) is 0 Å². The summed E-state index contributed by atoms with van der Waals surface area (Å²) in [6, 6.07) is 6.75. The number of hydrogen-bond donors (Lipinski definition) is 3. The Labute approximate surface area is 137 Å².